The molecule has 2 N–H and O–H groups in total. The van der Waals surface area contributed by atoms with E-state index in [0.717, 1.165) is 10.0 Å². The van der Waals surface area contributed by atoms with Gasteiger partial charge in [0.2, 0.25) is 0 Å². The maximum atomic E-state index is 13.1. The highest BCUT2D eigenvalue weighted by atomic mass is 79.9. The first-order valence-electron chi connectivity index (χ1n) is 6.48. The van der Waals surface area contributed by atoms with Crippen LogP contribution in [0.5, 0.6) is 0 Å². The van der Waals surface area contributed by atoms with Gasteiger partial charge in [0.1, 0.15) is 12.4 Å². The average molecular weight is 352 g/mol. The van der Waals surface area contributed by atoms with Crippen LogP contribution in [0.1, 0.15) is 17.5 Å². The standard InChI is InChI=1S/C16H15BrFNO2/c17-15-7-4-13(18)9-12(15)10-21-16(20)8-3-11-1-5-14(19)6-2-11/h1-2,4-7,9H,3,8,10,19H2. The Labute approximate surface area is 131 Å². The Morgan fingerprint density at radius 1 is 1.19 bits per heavy atom. The number of nitrogens with two attached hydrogens (primary N) is 1. The van der Waals surface area contributed by atoms with Gasteiger partial charge in [-0.1, -0.05) is 28.1 Å². The fraction of sp³-hybridized carbons (Fsp3) is 0.188. The highest BCUT2D eigenvalue weighted by Crippen LogP contribution is 2.19. The van der Waals surface area contributed by atoms with Crippen LogP contribution in [0.25, 0.3) is 0 Å². The van der Waals surface area contributed by atoms with Gasteiger partial charge in [-0.2, -0.15) is 0 Å². The average Bonchev–Trinajstić information content (AvgIpc) is 2.47. The Morgan fingerprint density at radius 3 is 2.62 bits per heavy atom. The fourth-order valence-corrected chi connectivity index (χ4v) is 2.18. The first-order chi connectivity index (χ1) is 10.0. The number of carbonyl (C=O) groups excluding carboxylic acids is 1. The number of rotatable bonds is 5. The minimum Gasteiger partial charge on any atom is -0.461 e. The molecule has 2 aromatic carbocycles. The summed E-state index contributed by atoms with van der Waals surface area (Å²) >= 11 is 3.29. The quantitative estimate of drug-likeness (QED) is 0.657. The van der Waals surface area contributed by atoms with Crippen LogP contribution in [0, 0.1) is 5.82 Å². The minimum atomic E-state index is -0.355. The van der Waals surface area contributed by atoms with Crippen LogP contribution in [0.4, 0.5) is 10.1 Å². The van der Waals surface area contributed by atoms with Gasteiger partial charge in [0.05, 0.1) is 0 Å². The first-order valence-corrected chi connectivity index (χ1v) is 7.28. The fourth-order valence-electron chi connectivity index (χ4n) is 1.82. The van der Waals surface area contributed by atoms with Crippen molar-refractivity contribution in [2.45, 2.75) is 19.4 Å². The van der Waals surface area contributed by atoms with Gasteiger partial charge in [0, 0.05) is 22.1 Å². The number of nitrogen functional groups attached to an aromatic ring is 1. The van der Waals surface area contributed by atoms with E-state index in [9.17, 15) is 9.18 Å². The van der Waals surface area contributed by atoms with E-state index in [1.807, 2.05) is 12.1 Å². The lowest BCUT2D eigenvalue weighted by Crippen LogP contribution is -2.06. The topological polar surface area (TPSA) is 52.3 Å². The molecule has 2 rings (SSSR count). The third-order valence-electron chi connectivity index (χ3n) is 2.99. The molecule has 0 aliphatic carbocycles. The van der Waals surface area contributed by atoms with Gasteiger partial charge in [-0.05, 0) is 42.3 Å². The molecule has 0 unspecified atom stereocenters. The number of anilines is 1. The van der Waals surface area contributed by atoms with Crippen molar-refractivity contribution in [1.82, 2.24) is 0 Å². The van der Waals surface area contributed by atoms with Crippen LogP contribution < -0.4 is 5.73 Å². The molecule has 0 aliphatic rings. The normalized spacial score (nSPS) is 10.4. The summed E-state index contributed by atoms with van der Waals surface area (Å²) in [5, 5.41) is 0. The van der Waals surface area contributed by atoms with Crippen molar-refractivity contribution in [3.63, 3.8) is 0 Å². The van der Waals surface area contributed by atoms with Gasteiger partial charge >= 0.3 is 5.97 Å². The molecule has 0 atom stereocenters. The number of esters is 1. The lowest BCUT2D eigenvalue weighted by atomic mass is 10.1. The van der Waals surface area contributed by atoms with Crippen LogP contribution in [0.2, 0.25) is 0 Å². The van der Waals surface area contributed by atoms with Crippen molar-refractivity contribution in [3.05, 3.63) is 63.9 Å². The summed E-state index contributed by atoms with van der Waals surface area (Å²) in [5.74, 6) is -0.672. The number of hydrogen-bond donors (Lipinski definition) is 1. The van der Waals surface area contributed by atoms with E-state index < -0.39 is 0 Å². The van der Waals surface area contributed by atoms with Crippen molar-refractivity contribution >= 4 is 27.6 Å². The smallest absolute Gasteiger partial charge is 0.306 e. The summed E-state index contributed by atoms with van der Waals surface area (Å²) < 4.78 is 19.0. The molecule has 3 nitrogen and oxygen atoms in total. The number of benzene rings is 2. The van der Waals surface area contributed by atoms with Crippen molar-refractivity contribution in [2.75, 3.05) is 5.73 Å². The van der Waals surface area contributed by atoms with Crippen LogP contribution in [-0.2, 0) is 22.6 Å². The second kappa shape index (κ2) is 7.22. The summed E-state index contributed by atoms with van der Waals surface area (Å²) in [4.78, 5) is 11.7. The van der Waals surface area contributed by atoms with E-state index in [1.165, 1.54) is 12.1 Å². The van der Waals surface area contributed by atoms with Gasteiger partial charge < -0.3 is 10.5 Å². The minimum absolute atomic E-state index is 0.0545. The molecule has 0 fully saturated rings. The zero-order valence-electron chi connectivity index (χ0n) is 11.3. The monoisotopic (exact) mass is 351 g/mol. The molecule has 5 heteroatoms. The predicted molar refractivity (Wildman–Crippen MR) is 83.1 cm³/mol. The van der Waals surface area contributed by atoms with Crippen LogP contribution in [-0.4, -0.2) is 5.97 Å². The van der Waals surface area contributed by atoms with E-state index in [2.05, 4.69) is 15.9 Å². The Bertz CT molecular complexity index is 629. The van der Waals surface area contributed by atoms with E-state index in [0.29, 0.717) is 17.7 Å². The third kappa shape index (κ3) is 4.86. The molecule has 0 bridgehead atoms. The van der Waals surface area contributed by atoms with Crippen molar-refractivity contribution in [3.8, 4) is 0 Å². The maximum Gasteiger partial charge on any atom is 0.306 e. The summed E-state index contributed by atoms with van der Waals surface area (Å²) in [6, 6.07) is 11.6. The Balaban J connectivity index is 1.82. The predicted octanol–water partition coefficient (Wildman–Crippen LogP) is 3.85. The summed E-state index contributed by atoms with van der Waals surface area (Å²) in [6.07, 6.45) is 0.861. The van der Waals surface area contributed by atoms with E-state index >= 15 is 0 Å². The molecule has 0 aromatic heterocycles. The number of aryl methyl sites for hydroxylation is 1. The van der Waals surface area contributed by atoms with E-state index in [-0.39, 0.29) is 24.8 Å². The maximum absolute atomic E-state index is 13.1. The van der Waals surface area contributed by atoms with E-state index in [4.69, 9.17) is 10.5 Å². The van der Waals surface area contributed by atoms with Crippen LogP contribution in [0.3, 0.4) is 0 Å². The number of halogens is 2. The van der Waals surface area contributed by atoms with Crippen LogP contribution >= 0.6 is 15.9 Å². The summed E-state index contributed by atoms with van der Waals surface area (Å²) in [7, 11) is 0. The first kappa shape index (κ1) is 15.5. The Kier molecular flexibility index (Phi) is 5.33. The molecule has 2 aromatic rings. The molecule has 0 saturated heterocycles. The Morgan fingerprint density at radius 2 is 1.90 bits per heavy atom. The van der Waals surface area contributed by atoms with Gasteiger partial charge in [-0.15, -0.1) is 0 Å². The highest BCUT2D eigenvalue weighted by molar-refractivity contribution is 9.10. The molecular formula is C16H15BrFNO2. The molecule has 0 heterocycles. The molecule has 110 valence electrons. The molecule has 0 saturated carbocycles. The summed E-state index contributed by atoms with van der Waals surface area (Å²) in [5.41, 5.74) is 7.91. The SMILES string of the molecule is Nc1ccc(CCC(=O)OCc2cc(F)ccc2Br)cc1. The van der Waals surface area contributed by atoms with Gasteiger partial charge in [0.15, 0.2) is 0 Å². The number of ether oxygens (including phenoxy) is 1. The molecule has 0 amide bonds. The lowest BCUT2D eigenvalue weighted by molar-refractivity contribution is -0.144. The second-order valence-electron chi connectivity index (χ2n) is 4.64. The Hall–Kier alpha value is -1.88. The zero-order valence-corrected chi connectivity index (χ0v) is 12.9. The van der Waals surface area contributed by atoms with Crippen molar-refractivity contribution in [1.29, 1.82) is 0 Å². The largest absolute Gasteiger partial charge is 0.461 e. The molecule has 21 heavy (non-hydrogen) atoms. The molecular weight excluding hydrogens is 337 g/mol. The molecule has 0 radical (unpaired) electrons. The zero-order chi connectivity index (χ0) is 15.2. The number of carbonyl (C=O) groups is 1. The highest BCUT2D eigenvalue weighted by Gasteiger charge is 2.07. The lowest BCUT2D eigenvalue weighted by Gasteiger charge is -2.07. The van der Waals surface area contributed by atoms with Crippen molar-refractivity contribution in [2.24, 2.45) is 0 Å². The molecule has 0 aliphatic heterocycles. The van der Waals surface area contributed by atoms with Crippen LogP contribution in [0.15, 0.2) is 46.9 Å². The summed E-state index contributed by atoms with van der Waals surface area (Å²) in [6.45, 7) is 0.0545. The third-order valence-corrected chi connectivity index (χ3v) is 3.77. The van der Waals surface area contributed by atoms with Crippen molar-refractivity contribution < 1.29 is 13.9 Å². The number of hydrogen-bond acceptors (Lipinski definition) is 3. The van der Waals surface area contributed by atoms with Gasteiger partial charge in [-0.25, -0.2) is 4.39 Å². The van der Waals surface area contributed by atoms with Gasteiger partial charge in [-0.3, -0.25) is 4.79 Å². The molecule has 0 spiro atoms. The van der Waals surface area contributed by atoms with E-state index in [1.54, 1.807) is 18.2 Å². The van der Waals surface area contributed by atoms with Gasteiger partial charge in [0.25, 0.3) is 0 Å². The second-order valence-corrected chi connectivity index (χ2v) is 5.49.